The van der Waals surface area contributed by atoms with Crippen molar-refractivity contribution < 1.29 is 19.1 Å². The predicted octanol–water partition coefficient (Wildman–Crippen LogP) is 2.37. The first-order valence-corrected chi connectivity index (χ1v) is 5.62. The second-order valence-corrected chi connectivity index (χ2v) is 4.00. The van der Waals surface area contributed by atoms with Crippen molar-refractivity contribution in [2.45, 2.75) is 20.3 Å². The van der Waals surface area contributed by atoms with E-state index in [1.54, 1.807) is 19.3 Å². The van der Waals surface area contributed by atoms with Crippen molar-refractivity contribution in [3.05, 3.63) is 36.2 Å². The lowest BCUT2D eigenvalue weighted by Gasteiger charge is -2.17. The zero-order valence-corrected chi connectivity index (χ0v) is 10.6. The Morgan fingerprint density at radius 2 is 2.06 bits per heavy atom. The summed E-state index contributed by atoms with van der Waals surface area (Å²) in [6.45, 7) is 6.98. The van der Waals surface area contributed by atoms with Crippen LogP contribution in [0.15, 0.2) is 36.2 Å². The zero-order chi connectivity index (χ0) is 13.5. The van der Waals surface area contributed by atoms with Crippen LogP contribution in [-0.4, -0.2) is 30.2 Å². The molecule has 98 valence electrons. The van der Waals surface area contributed by atoms with E-state index in [2.05, 4.69) is 6.58 Å². The van der Waals surface area contributed by atoms with Gasteiger partial charge in [-0.25, -0.2) is 9.59 Å². The molecule has 0 bridgehead atoms. The lowest BCUT2D eigenvalue weighted by Crippen LogP contribution is -2.24. The molecule has 0 spiro atoms. The topological polar surface area (TPSA) is 55.8 Å². The van der Waals surface area contributed by atoms with E-state index in [4.69, 9.17) is 9.47 Å². The Kier molecular flexibility index (Phi) is 5.17. The Morgan fingerprint density at radius 3 is 2.67 bits per heavy atom. The van der Waals surface area contributed by atoms with Crippen LogP contribution in [0.2, 0.25) is 0 Å². The molecule has 5 heteroatoms. The smallest absolute Gasteiger partial charge is 0.418 e. The van der Waals surface area contributed by atoms with Crippen LogP contribution in [0.3, 0.4) is 0 Å². The number of carbonyl (C=O) groups excluding carboxylic acids is 2. The van der Waals surface area contributed by atoms with E-state index in [9.17, 15) is 9.59 Å². The Labute approximate surface area is 106 Å². The molecule has 0 aliphatic carbocycles. The first kappa shape index (κ1) is 14.0. The number of ether oxygens (including phenoxy) is 2. The maximum atomic E-state index is 11.6. The summed E-state index contributed by atoms with van der Waals surface area (Å²) < 4.78 is 9.74. The normalized spacial score (nSPS) is 13.9. The second-order valence-electron chi connectivity index (χ2n) is 4.00. The molecule has 0 saturated heterocycles. The number of esters is 1. The lowest BCUT2D eigenvalue weighted by molar-refractivity contribution is -0.139. The number of hydrogen-bond acceptors (Lipinski definition) is 4. The van der Waals surface area contributed by atoms with Crippen molar-refractivity contribution in [3.63, 3.8) is 0 Å². The molecule has 0 atom stereocenters. The molecule has 0 N–H and O–H groups in total. The van der Waals surface area contributed by atoms with E-state index in [1.807, 2.05) is 13.0 Å². The van der Waals surface area contributed by atoms with E-state index in [0.29, 0.717) is 5.57 Å². The molecule has 0 fully saturated rings. The summed E-state index contributed by atoms with van der Waals surface area (Å²) in [6, 6.07) is 0. The number of allylic oxidation sites excluding steroid dienone is 2. The number of hydrogen-bond donors (Lipinski definition) is 0. The predicted molar refractivity (Wildman–Crippen MR) is 66.5 cm³/mol. The fourth-order valence-electron chi connectivity index (χ4n) is 1.26. The third-order valence-corrected chi connectivity index (χ3v) is 2.17. The molecule has 18 heavy (non-hydrogen) atoms. The molecule has 0 radical (unpaired) electrons. The lowest BCUT2D eigenvalue weighted by atomic mass is 10.2. The third-order valence-electron chi connectivity index (χ3n) is 2.17. The van der Waals surface area contributed by atoms with Gasteiger partial charge in [0, 0.05) is 18.0 Å². The molecule has 1 amide bonds. The number of rotatable bonds is 4. The molecule has 0 saturated carbocycles. The molecule has 1 aliphatic rings. The summed E-state index contributed by atoms with van der Waals surface area (Å²) >= 11 is 0. The van der Waals surface area contributed by atoms with Gasteiger partial charge >= 0.3 is 12.1 Å². The van der Waals surface area contributed by atoms with Gasteiger partial charge in [-0.2, -0.15) is 0 Å². The van der Waals surface area contributed by atoms with Crippen molar-refractivity contribution in [1.29, 1.82) is 0 Å². The Morgan fingerprint density at radius 1 is 1.39 bits per heavy atom. The van der Waals surface area contributed by atoms with Crippen molar-refractivity contribution in [2.75, 3.05) is 13.2 Å². The molecule has 1 aliphatic heterocycles. The van der Waals surface area contributed by atoms with E-state index in [-0.39, 0.29) is 13.2 Å². The first-order valence-electron chi connectivity index (χ1n) is 5.62. The molecular weight excluding hydrogens is 234 g/mol. The summed E-state index contributed by atoms with van der Waals surface area (Å²) in [6.07, 6.45) is 5.58. The minimum absolute atomic E-state index is 0.0229. The third kappa shape index (κ3) is 4.45. The van der Waals surface area contributed by atoms with Crippen molar-refractivity contribution in [3.8, 4) is 0 Å². The highest BCUT2D eigenvalue weighted by Gasteiger charge is 2.12. The highest BCUT2D eigenvalue weighted by molar-refractivity contribution is 5.86. The summed E-state index contributed by atoms with van der Waals surface area (Å²) in [7, 11) is 0. The molecule has 0 aromatic carbocycles. The highest BCUT2D eigenvalue weighted by Crippen LogP contribution is 2.11. The van der Waals surface area contributed by atoms with E-state index < -0.39 is 12.1 Å². The number of carbonyl (C=O) groups is 2. The second kappa shape index (κ2) is 6.64. The van der Waals surface area contributed by atoms with Gasteiger partial charge in [-0.1, -0.05) is 18.2 Å². The van der Waals surface area contributed by atoms with Gasteiger partial charge in [-0.15, -0.1) is 0 Å². The van der Waals surface area contributed by atoms with E-state index in [1.165, 1.54) is 4.90 Å². The van der Waals surface area contributed by atoms with Crippen molar-refractivity contribution >= 4 is 12.1 Å². The maximum Gasteiger partial charge on any atom is 0.418 e. The standard InChI is InChI=1S/C13H17NO4/c1-10(2)12(15)17-7-8-18-13(16)14-6-4-5-11(3)9-14/h4,6,9H,1,5,7-8H2,2-3H3. The van der Waals surface area contributed by atoms with Gasteiger partial charge in [-0.3, -0.25) is 4.90 Å². The largest absolute Gasteiger partial charge is 0.459 e. The van der Waals surface area contributed by atoms with Crippen LogP contribution < -0.4 is 0 Å². The molecular formula is C13H17NO4. The Bertz CT molecular complexity index is 409. The van der Waals surface area contributed by atoms with Gasteiger partial charge in [0.2, 0.25) is 0 Å². The summed E-state index contributed by atoms with van der Waals surface area (Å²) in [5.74, 6) is -0.486. The van der Waals surface area contributed by atoms with E-state index in [0.717, 1.165) is 12.0 Å². The molecule has 0 aromatic rings. The van der Waals surface area contributed by atoms with E-state index >= 15 is 0 Å². The molecule has 0 unspecified atom stereocenters. The SMILES string of the molecule is C=C(C)C(=O)OCCOC(=O)N1C=CCC(C)=C1. The van der Waals surface area contributed by atoms with Crippen LogP contribution in [0, 0.1) is 0 Å². The molecule has 5 nitrogen and oxygen atoms in total. The van der Waals surface area contributed by atoms with Crippen molar-refractivity contribution in [1.82, 2.24) is 4.90 Å². The van der Waals surface area contributed by atoms with Crippen LogP contribution in [0.5, 0.6) is 0 Å². The molecule has 0 aromatic heterocycles. The van der Waals surface area contributed by atoms with Crippen LogP contribution in [0.25, 0.3) is 0 Å². The van der Waals surface area contributed by atoms with Crippen LogP contribution in [0.1, 0.15) is 20.3 Å². The number of amides is 1. The van der Waals surface area contributed by atoms with Crippen LogP contribution >= 0.6 is 0 Å². The summed E-state index contributed by atoms with van der Waals surface area (Å²) in [5.41, 5.74) is 1.39. The minimum atomic E-state index is -0.489. The summed E-state index contributed by atoms with van der Waals surface area (Å²) in [5, 5.41) is 0. The molecule has 1 rings (SSSR count). The van der Waals surface area contributed by atoms with Crippen molar-refractivity contribution in [2.24, 2.45) is 0 Å². The average Bonchev–Trinajstić information content (AvgIpc) is 2.33. The van der Waals surface area contributed by atoms with Gasteiger partial charge in [0.25, 0.3) is 0 Å². The maximum absolute atomic E-state index is 11.6. The fourth-order valence-corrected chi connectivity index (χ4v) is 1.26. The fraction of sp³-hybridized carbons (Fsp3) is 0.385. The zero-order valence-electron chi connectivity index (χ0n) is 10.6. The first-order chi connectivity index (χ1) is 8.50. The average molecular weight is 251 g/mol. The van der Waals surface area contributed by atoms with Crippen LogP contribution in [-0.2, 0) is 14.3 Å². The minimum Gasteiger partial charge on any atom is -0.459 e. The molecule has 1 heterocycles. The van der Waals surface area contributed by atoms with Gasteiger partial charge in [0.1, 0.15) is 13.2 Å². The highest BCUT2D eigenvalue weighted by atomic mass is 16.6. The van der Waals surface area contributed by atoms with Gasteiger partial charge in [0.05, 0.1) is 0 Å². The summed E-state index contributed by atoms with van der Waals surface area (Å²) in [4.78, 5) is 24.0. The van der Waals surface area contributed by atoms with Gasteiger partial charge < -0.3 is 9.47 Å². The quantitative estimate of drug-likeness (QED) is 0.437. The van der Waals surface area contributed by atoms with Gasteiger partial charge in [0.15, 0.2) is 0 Å². The Balaban J connectivity index is 2.25. The van der Waals surface area contributed by atoms with Gasteiger partial charge in [-0.05, 0) is 20.3 Å². The Hall–Kier alpha value is -2.04. The monoisotopic (exact) mass is 251 g/mol. The number of nitrogens with zero attached hydrogens (tertiary/aromatic N) is 1. The van der Waals surface area contributed by atoms with Crippen LogP contribution in [0.4, 0.5) is 4.79 Å².